The molecular weight excluding hydrogens is 434 g/mol. The van der Waals surface area contributed by atoms with E-state index in [4.69, 9.17) is 10.1 Å². The number of para-hydroxylation sites is 1. The molecule has 1 amide bonds. The van der Waals surface area contributed by atoms with Crippen LogP contribution < -0.4 is 4.74 Å². The zero-order valence-corrected chi connectivity index (χ0v) is 19.2. The third-order valence-corrected chi connectivity index (χ3v) is 6.56. The molecule has 3 aromatic rings. The molecule has 1 aromatic heterocycles. The molecule has 0 saturated carbocycles. The van der Waals surface area contributed by atoms with E-state index in [-0.39, 0.29) is 11.4 Å². The Bertz CT molecular complexity index is 1370. The third kappa shape index (κ3) is 4.09. The summed E-state index contributed by atoms with van der Waals surface area (Å²) in [6.07, 6.45) is 4.48. The number of hydrazone groups is 1. The van der Waals surface area contributed by atoms with E-state index >= 15 is 0 Å². The van der Waals surface area contributed by atoms with Crippen LogP contribution in [0.15, 0.2) is 70.4 Å². The van der Waals surface area contributed by atoms with Crippen LogP contribution in [0.1, 0.15) is 24.5 Å². The maximum absolute atomic E-state index is 12.7. The van der Waals surface area contributed by atoms with E-state index in [2.05, 4.69) is 14.7 Å². The Balaban J connectivity index is 1.43. The van der Waals surface area contributed by atoms with Gasteiger partial charge in [0.15, 0.2) is 5.84 Å². The molecule has 5 rings (SSSR count). The zero-order valence-electron chi connectivity index (χ0n) is 18.4. The van der Waals surface area contributed by atoms with Crippen molar-refractivity contribution in [3.8, 4) is 5.75 Å². The number of aryl methyl sites for hydroxylation is 1. The van der Waals surface area contributed by atoms with Gasteiger partial charge in [-0.05, 0) is 54.9 Å². The molecule has 0 atom stereocenters. The summed E-state index contributed by atoms with van der Waals surface area (Å²) < 4.78 is 8.05. The molecule has 2 aromatic carbocycles. The predicted molar refractivity (Wildman–Crippen MR) is 134 cm³/mol. The summed E-state index contributed by atoms with van der Waals surface area (Å²) >= 11 is 1.34. The fourth-order valence-electron chi connectivity index (χ4n) is 3.87. The summed E-state index contributed by atoms with van der Waals surface area (Å²) in [5, 5.41) is 16.7. The van der Waals surface area contributed by atoms with Gasteiger partial charge in [-0.25, -0.2) is 0 Å². The Morgan fingerprint density at radius 1 is 1.18 bits per heavy atom. The van der Waals surface area contributed by atoms with Gasteiger partial charge in [-0.2, -0.15) is 15.1 Å². The van der Waals surface area contributed by atoms with Crippen LogP contribution in [0.2, 0.25) is 0 Å². The monoisotopic (exact) mass is 457 g/mol. The van der Waals surface area contributed by atoms with Crippen LogP contribution in [0.25, 0.3) is 17.0 Å². The number of fused-ring (bicyclic) bond motifs is 2. The van der Waals surface area contributed by atoms with Crippen LogP contribution >= 0.6 is 11.8 Å². The quantitative estimate of drug-likeness (QED) is 0.525. The lowest BCUT2D eigenvalue weighted by molar-refractivity contribution is -0.114. The van der Waals surface area contributed by atoms with Crippen LogP contribution in [-0.4, -0.2) is 38.1 Å². The van der Waals surface area contributed by atoms with Gasteiger partial charge >= 0.3 is 0 Å². The highest BCUT2D eigenvalue weighted by Crippen LogP contribution is 2.30. The average Bonchev–Trinajstić information content (AvgIpc) is 3.38. The first-order chi connectivity index (χ1) is 16.0. The van der Waals surface area contributed by atoms with Crippen LogP contribution in [0.4, 0.5) is 0 Å². The molecule has 2 aliphatic heterocycles. The molecule has 0 saturated heterocycles. The van der Waals surface area contributed by atoms with Crippen molar-refractivity contribution in [3.63, 3.8) is 0 Å². The van der Waals surface area contributed by atoms with E-state index in [0.717, 1.165) is 39.2 Å². The fraction of sp³-hybridized carbons (Fsp3) is 0.200. The Morgan fingerprint density at radius 2 is 2.03 bits per heavy atom. The van der Waals surface area contributed by atoms with Crippen molar-refractivity contribution in [3.05, 3.63) is 71.4 Å². The van der Waals surface area contributed by atoms with Crippen molar-refractivity contribution in [2.45, 2.75) is 26.8 Å². The van der Waals surface area contributed by atoms with Crippen molar-refractivity contribution >= 4 is 50.7 Å². The molecule has 8 heteroatoms. The number of ether oxygens (including phenoxy) is 1. The molecule has 3 heterocycles. The first-order valence-electron chi connectivity index (χ1n) is 10.8. The van der Waals surface area contributed by atoms with E-state index in [1.54, 1.807) is 6.08 Å². The van der Waals surface area contributed by atoms with Crippen molar-refractivity contribution in [1.82, 2.24) is 9.58 Å². The van der Waals surface area contributed by atoms with Crippen molar-refractivity contribution < 1.29 is 9.53 Å². The Morgan fingerprint density at radius 3 is 2.85 bits per heavy atom. The minimum absolute atomic E-state index is 0.0561. The van der Waals surface area contributed by atoms with Crippen LogP contribution in [0.3, 0.4) is 0 Å². The highest BCUT2D eigenvalue weighted by molar-refractivity contribution is 8.26. The standard InChI is InChI=1S/C25H23N5O2S/c1-3-22-28-30-23(26)20(24(31)27-25(30)33-22)14-17-15-29(21-10-5-4-9-19(17)21)11-12-32-18-8-6-7-16(2)13-18/h4-10,13-15,26H,3,11-12H2,1-2H3/b20-14+,26-23?. The molecular formula is C25H23N5O2S. The number of amidine groups is 2. The van der Waals surface area contributed by atoms with E-state index < -0.39 is 5.91 Å². The smallest absolute Gasteiger partial charge is 0.283 e. The molecule has 0 spiro atoms. The second-order valence-electron chi connectivity index (χ2n) is 7.83. The number of benzene rings is 2. The normalized spacial score (nSPS) is 16.9. The molecule has 0 radical (unpaired) electrons. The minimum atomic E-state index is -0.411. The lowest BCUT2D eigenvalue weighted by atomic mass is 10.1. The summed E-state index contributed by atoms with van der Waals surface area (Å²) in [4.78, 5) is 16.9. The number of aliphatic imine (C=N–C) groups is 1. The third-order valence-electron chi connectivity index (χ3n) is 5.51. The number of carbonyl (C=O) groups is 1. The van der Waals surface area contributed by atoms with Crippen molar-refractivity contribution in [2.75, 3.05) is 6.61 Å². The molecule has 0 aliphatic carbocycles. The molecule has 7 nitrogen and oxygen atoms in total. The van der Waals surface area contributed by atoms with Crippen molar-refractivity contribution in [2.24, 2.45) is 10.1 Å². The lowest BCUT2D eigenvalue weighted by Gasteiger charge is -2.20. The SMILES string of the molecule is CCC1=NN2C(=N)/C(=C\c3cn(CCOc4cccc(C)c4)c4ccccc34)C(=O)N=C2S1. The van der Waals surface area contributed by atoms with Crippen LogP contribution in [0.5, 0.6) is 5.75 Å². The molecule has 0 unspecified atom stereocenters. The summed E-state index contributed by atoms with van der Waals surface area (Å²) in [7, 11) is 0. The molecule has 1 N–H and O–H groups in total. The number of rotatable bonds is 6. The molecule has 33 heavy (non-hydrogen) atoms. The van der Waals surface area contributed by atoms with E-state index in [1.165, 1.54) is 16.8 Å². The molecule has 166 valence electrons. The number of amides is 1. The van der Waals surface area contributed by atoms with Gasteiger partial charge in [0.25, 0.3) is 5.91 Å². The topological polar surface area (TPSA) is 83.0 Å². The number of thioether (sulfide) groups is 1. The van der Waals surface area contributed by atoms with Gasteiger partial charge in [0.2, 0.25) is 5.17 Å². The number of hydrogen-bond acceptors (Lipinski definition) is 5. The molecule has 0 bridgehead atoms. The summed E-state index contributed by atoms with van der Waals surface area (Å²) in [6.45, 7) is 5.20. The van der Waals surface area contributed by atoms with Gasteiger partial charge in [0.05, 0.1) is 12.1 Å². The van der Waals surface area contributed by atoms with Gasteiger partial charge in [-0.15, -0.1) is 0 Å². The number of nitrogens with zero attached hydrogens (tertiary/aromatic N) is 4. The number of hydrogen-bond donors (Lipinski definition) is 1. The lowest BCUT2D eigenvalue weighted by Crippen LogP contribution is -2.35. The Labute approximate surface area is 196 Å². The first-order valence-corrected chi connectivity index (χ1v) is 11.6. The van der Waals surface area contributed by atoms with Gasteiger partial charge in [-0.3, -0.25) is 10.2 Å². The Kier molecular flexibility index (Phi) is 5.60. The molecule has 2 aliphatic rings. The predicted octanol–water partition coefficient (Wildman–Crippen LogP) is 5.06. The van der Waals surface area contributed by atoms with Gasteiger partial charge < -0.3 is 9.30 Å². The number of aromatic nitrogens is 1. The second-order valence-corrected chi connectivity index (χ2v) is 8.87. The number of carbonyl (C=O) groups excluding carboxylic acids is 1. The van der Waals surface area contributed by atoms with E-state index in [1.807, 2.05) is 68.6 Å². The Hall–Kier alpha value is -3.65. The highest BCUT2D eigenvalue weighted by Gasteiger charge is 2.35. The van der Waals surface area contributed by atoms with Gasteiger partial charge in [0, 0.05) is 22.7 Å². The maximum atomic E-state index is 12.7. The maximum Gasteiger partial charge on any atom is 0.283 e. The van der Waals surface area contributed by atoms with Crippen LogP contribution in [-0.2, 0) is 11.3 Å². The molecule has 0 fully saturated rings. The van der Waals surface area contributed by atoms with Crippen LogP contribution in [0, 0.1) is 12.3 Å². The average molecular weight is 458 g/mol. The summed E-state index contributed by atoms with van der Waals surface area (Å²) in [5.41, 5.74) is 3.29. The largest absolute Gasteiger partial charge is 0.492 e. The fourth-order valence-corrected chi connectivity index (χ4v) is 4.70. The van der Waals surface area contributed by atoms with Gasteiger partial charge in [-0.1, -0.05) is 37.3 Å². The van der Waals surface area contributed by atoms with E-state index in [0.29, 0.717) is 18.3 Å². The zero-order chi connectivity index (χ0) is 22.9. The number of nitrogens with one attached hydrogen (secondary N) is 1. The van der Waals surface area contributed by atoms with Gasteiger partial charge in [0.1, 0.15) is 17.4 Å². The van der Waals surface area contributed by atoms with Crippen molar-refractivity contribution in [1.29, 1.82) is 5.41 Å². The summed E-state index contributed by atoms with van der Waals surface area (Å²) in [5.74, 6) is 0.491. The minimum Gasteiger partial charge on any atom is -0.492 e. The summed E-state index contributed by atoms with van der Waals surface area (Å²) in [6, 6.07) is 16.0. The highest BCUT2D eigenvalue weighted by atomic mass is 32.2. The second kappa shape index (κ2) is 8.71. The first kappa shape index (κ1) is 21.2. The van der Waals surface area contributed by atoms with E-state index in [9.17, 15) is 4.79 Å².